The number of hydrogen-bond donors (Lipinski definition) is 0. The molecular formula is C17H23NO4S2. The van der Waals surface area contributed by atoms with E-state index < -0.39 is 9.84 Å². The highest BCUT2D eigenvalue weighted by molar-refractivity contribution is 7.99. The Morgan fingerprint density at radius 1 is 1.38 bits per heavy atom. The van der Waals surface area contributed by atoms with Gasteiger partial charge in [0.1, 0.15) is 0 Å². The summed E-state index contributed by atoms with van der Waals surface area (Å²) in [7, 11) is -3.33. The summed E-state index contributed by atoms with van der Waals surface area (Å²) in [5.74, 6) is 1.90. The van der Waals surface area contributed by atoms with Gasteiger partial charge >= 0.3 is 0 Å². The second-order valence-corrected chi connectivity index (χ2v) is 9.58. The number of thioether (sulfide) groups is 1. The van der Waals surface area contributed by atoms with E-state index in [2.05, 4.69) is 0 Å². The van der Waals surface area contributed by atoms with Crippen LogP contribution in [0.3, 0.4) is 0 Å². The van der Waals surface area contributed by atoms with Gasteiger partial charge in [0.25, 0.3) is 5.91 Å². The molecular weight excluding hydrogens is 346 g/mol. The van der Waals surface area contributed by atoms with E-state index in [0.717, 1.165) is 43.6 Å². The van der Waals surface area contributed by atoms with Crippen LogP contribution in [0.15, 0.2) is 29.2 Å². The van der Waals surface area contributed by atoms with E-state index in [1.165, 1.54) is 12.1 Å². The third-order valence-corrected chi connectivity index (χ3v) is 6.80. The molecule has 1 aromatic rings. The second-order valence-electron chi connectivity index (χ2n) is 6.41. The van der Waals surface area contributed by atoms with Gasteiger partial charge in [-0.1, -0.05) is 6.07 Å². The highest BCUT2D eigenvalue weighted by atomic mass is 32.2. The number of carbonyl (C=O) groups excluding carboxylic acids is 1. The molecule has 7 heteroatoms. The van der Waals surface area contributed by atoms with Crippen molar-refractivity contribution in [3.63, 3.8) is 0 Å². The summed E-state index contributed by atoms with van der Waals surface area (Å²) in [5, 5.41) is 0. The van der Waals surface area contributed by atoms with Crippen LogP contribution in [-0.2, 0) is 14.6 Å². The molecule has 1 aromatic carbocycles. The molecule has 0 bridgehead atoms. The molecule has 2 fully saturated rings. The standard InChI is InChI=1S/C17H23NO4S2/c1-24(20,21)16-6-2-4-13(10-16)17(19)18(14-7-9-23-12-14)11-15-5-3-8-22-15/h2,4,6,10,14-15H,3,5,7-9,11-12H2,1H3/t14-,15+/m1/s1. The van der Waals surface area contributed by atoms with Gasteiger partial charge in [0.15, 0.2) is 9.84 Å². The average Bonchev–Trinajstić information content (AvgIpc) is 3.24. The van der Waals surface area contributed by atoms with E-state index in [9.17, 15) is 13.2 Å². The van der Waals surface area contributed by atoms with Crippen molar-refractivity contribution in [1.82, 2.24) is 4.90 Å². The molecule has 0 N–H and O–H groups in total. The lowest BCUT2D eigenvalue weighted by molar-refractivity contribution is 0.0441. The van der Waals surface area contributed by atoms with Crippen LogP contribution >= 0.6 is 11.8 Å². The van der Waals surface area contributed by atoms with Crippen LogP contribution in [0.5, 0.6) is 0 Å². The van der Waals surface area contributed by atoms with Gasteiger partial charge in [0.05, 0.1) is 11.0 Å². The molecule has 2 aliphatic heterocycles. The number of ether oxygens (including phenoxy) is 1. The van der Waals surface area contributed by atoms with Gasteiger partial charge in [-0.3, -0.25) is 4.79 Å². The average molecular weight is 370 g/mol. The van der Waals surface area contributed by atoms with E-state index in [1.54, 1.807) is 12.1 Å². The zero-order valence-corrected chi connectivity index (χ0v) is 15.4. The van der Waals surface area contributed by atoms with Crippen LogP contribution in [0.4, 0.5) is 0 Å². The fourth-order valence-corrected chi connectivity index (χ4v) is 5.09. The molecule has 0 unspecified atom stereocenters. The summed E-state index contributed by atoms with van der Waals surface area (Å²) < 4.78 is 29.2. The summed E-state index contributed by atoms with van der Waals surface area (Å²) in [6, 6.07) is 6.55. The Morgan fingerprint density at radius 2 is 2.21 bits per heavy atom. The largest absolute Gasteiger partial charge is 0.376 e. The number of rotatable bonds is 5. The molecule has 132 valence electrons. The minimum atomic E-state index is -3.33. The molecule has 2 atom stereocenters. The van der Waals surface area contributed by atoms with Crippen LogP contribution in [0, 0.1) is 0 Å². The minimum absolute atomic E-state index is 0.0940. The maximum absolute atomic E-state index is 13.1. The molecule has 0 spiro atoms. The summed E-state index contributed by atoms with van der Waals surface area (Å²) in [4.78, 5) is 15.2. The number of hydrogen-bond acceptors (Lipinski definition) is 5. The Labute approximate surface area is 147 Å². The van der Waals surface area contributed by atoms with Gasteiger partial charge < -0.3 is 9.64 Å². The molecule has 0 aromatic heterocycles. The zero-order chi connectivity index (χ0) is 17.2. The normalized spacial score (nSPS) is 24.2. The van der Waals surface area contributed by atoms with Crippen molar-refractivity contribution >= 4 is 27.5 Å². The van der Waals surface area contributed by atoms with Crippen molar-refractivity contribution in [3.05, 3.63) is 29.8 Å². The first-order chi connectivity index (χ1) is 11.4. The van der Waals surface area contributed by atoms with Crippen molar-refractivity contribution in [2.75, 3.05) is 30.9 Å². The third kappa shape index (κ3) is 4.13. The van der Waals surface area contributed by atoms with Gasteiger partial charge in [-0.05, 0) is 43.2 Å². The zero-order valence-electron chi connectivity index (χ0n) is 13.8. The van der Waals surface area contributed by atoms with Crippen molar-refractivity contribution in [1.29, 1.82) is 0 Å². The molecule has 24 heavy (non-hydrogen) atoms. The van der Waals surface area contributed by atoms with Crippen LogP contribution in [0.1, 0.15) is 29.6 Å². The summed E-state index contributed by atoms with van der Waals surface area (Å²) in [6.07, 6.45) is 4.25. The first-order valence-corrected chi connectivity index (χ1v) is 11.3. The smallest absolute Gasteiger partial charge is 0.254 e. The number of amides is 1. The van der Waals surface area contributed by atoms with Gasteiger partial charge in [-0.25, -0.2) is 8.42 Å². The molecule has 0 aliphatic carbocycles. The van der Waals surface area contributed by atoms with Gasteiger partial charge in [-0.15, -0.1) is 0 Å². The highest BCUT2D eigenvalue weighted by Crippen LogP contribution is 2.26. The summed E-state index contributed by atoms with van der Waals surface area (Å²) in [6.45, 7) is 1.35. The lowest BCUT2D eigenvalue weighted by Gasteiger charge is -2.31. The van der Waals surface area contributed by atoms with Crippen molar-refractivity contribution in [2.45, 2.75) is 36.3 Å². The minimum Gasteiger partial charge on any atom is -0.376 e. The quantitative estimate of drug-likeness (QED) is 0.796. The van der Waals surface area contributed by atoms with Crippen molar-refractivity contribution in [3.8, 4) is 0 Å². The van der Waals surface area contributed by atoms with E-state index in [1.807, 2.05) is 16.7 Å². The van der Waals surface area contributed by atoms with Gasteiger partial charge in [0.2, 0.25) is 0 Å². The Hall–Kier alpha value is -1.05. The molecule has 3 rings (SSSR count). The SMILES string of the molecule is CS(=O)(=O)c1cccc(C(=O)N(C[C@@H]2CCCO2)[C@@H]2CCSC2)c1. The molecule has 1 amide bonds. The number of benzene rings is 1. The Bertz CT molecular complexity index is 692. The maximum Gasteiger partial charge on any atom is 0.254 e. The highest BCUT2D eigenvalue weighted by Gasteiger charge is 2.31. The van der Waals surface area contributed by atoms with Crippen LogP contribution in [0.25, 0.3) is 0 Å². The number of carbonyl (C=O) groups is 1. The molecule has 2 saturated heterocycles. The van der Waals surface area contributed by atoms with Crippen molar-refractivity contribution in [2.24, 2.45) is 0 Å². The maximum atomic E-state index is 13.1. The Kier molecular flexibility index (Phi) is 5.52. The van der Waals surface area contributed by atoms with Crippen molar-refractivity contribution < 1.29 is 17.9 Å². The van der Waals surface area contributed by atoms with Gasteiger partial charge in [0, 0.05) is 36.8 Å². The lowest BCUT2D eigenvalue weighted by Crippen LogP contribution is -2.44. The van der Waals surface area contributed by atoms with Crippen LogP contribution in [0.2, 0.25) is 0 Å². The fraction of sp³-hybridized carbons (Fsp3) is 0.588. The van der Waals surface area contributed by atoms with Crippen LogP contribution in [-0.4, -0.2) is 62.3 Å². The molecule has 5 nitrogen and oxygen atoms in total. The van der Waals surface area contributed by atoms with E-state index >= 15 is 0 Å². The number of nitrogens with zero attached hydrogens (tertiary/aromatic N) is 1. The van der Waals surface area contributed by atoms with Gasteiger partial charge in [-0.2, -0.15) is 11.8 Å². The predicted octanol–water partition coefficient (Wildman–Crippen LogP) is 2.22. The molecule has 2 heterocycles. The third-order valence-electron chi connectivity index (χ3n) is 4.54. The van der Waals surface area contributed by atoms with E-state index in [0.29, 0.717) is 12.1 Å². The molecule has 0 saturated carbocycles. The van der Waals surface area contributed by atoms with E-state index in [4.69, 9.17) is 4.74 Å². The predicted molar refractivity (Wildman–Crippen MR) is 95.3 cm³/mol. The first-order valence-electron chi connectivity index (χ1n) is 8.25. The topological polar surface area (TPSA) is 63.7 Å². The summed E-state index contributed by atoms with van der Waals surface area (Å²) >= 11 is 1.86. The summed E-state index contributed by atoms with van der Waals surface area (Å²) in [5.41, 5.74) is 0.438. The van der Waals surface area contributed by atoms with Crippen LogP contribution < -0.4 is 0 Å². The fourth-order valence-electron chi connectivity index (χ4n) is 3.20. The molecule has 2 aliphatic rings. The second kappa shape index (κ2) is 7.45. The lowest BCUT2D eigenvalue weighted by atomic mass is 10.1. The molecule has 0 radical (unpaired) electrons. The number of sulfone groups is 1. The first kappa shape index (κ1) is 17.8. The monoisotopic (exact) mass is 369 g/mol. The van der Waals surface area contributed by atoms with E-state index in [-0.39, 0.29) is 22.9 Å². The Morgan fingerprint density at radius 3 is 2.83 bits per heavy atom. The Balaban J connectivity index is 1.84.